The Kier molecular flexibility index (Phi) is 3.71. The molecule has 0 aliphatic rings. The van der Waals surface area contributed by atoms with Crippen molar-refractivity contribution in [3.05, 3.63) is 64.4 Å². The molecule has 0 saturated heterocycles. The summed E-state index contributed by atoms with van der Waals surface area (Å²) < 4.78 is 12.9. The van der Waals surface area contributed by atoms with Crippen LogP contribution in [0.5, 0.6) is 0 Å². The van der Waals surface area contributed by atoms with Crippen LogP contribution < -0.4 is 0 Å². The van der Waals surface area contributed by atoms with E-state index in [-0.39, 0.29) is 5.02 Å². The number of nitrogens with zero attached hydrogens (tertiary/aromatic N) is 2. The fraction of sp³-hybridized carbons (Fsp3) is 0. The van der Waals surface area contributed by atoms with E-state index in [0.29, 0.717) is 11.3 Å². The predicted molar refractivity (Wildman–Crippen MR) is 69.8 cm³/mol. The minimum Gasteiger partial charge on any atom is -0.256 e. The van der Waals surface area contributed by atoms with Crippen LogP contribution in [-0.2, 0) is 0 Å². The van der Waals surface area contributed by atoms with Crippen LogP contribution in [-0.4, -0.2) is 6.21 Å². The van der Waals surface area contributed by atoms with Crippen molar-refractivity contribution in [2.75, 3.05) is 0 Å². The average Bonchev–Trinajstić information content (AvgIpc) is 2.41. The highest BCUT2D eigenvalue weighted by Crippen LogP contribution is 2.21. The Morgan fingerprint density at radius 2 is 1.89 bits per heavy atom. The number of nitriles is 1. The molecule has 0 spiro atoms. The van der Waals surface area contributed by atoms with E-state index in [0.717, 1.165) is 5.56 Å². The molecule has 0 saturated carbocycles. The second kappa shape index (κ2) is 5.44. The van der Waals surface area contributed by atoms with Crippen LogP contribution in [0.3, 0.4) is 0 Å². The van der Waals surface area contributed by atoms with Gasteiger partial charge in [0.1, 0.15) is 5.82 Å². The minimum atomic E-state index is -0.464. The quantitative estimate of drug-likeness (QED) is 0.747. The van der Waals surface area contributed by atoms with Crippen molar-refractivity contribution in [3.8, 4) is 6.07 Å². The molecule has 0 heterocycles. The molecule has 0 aromatic heterocycles. The number of aliphatic imine (C=N–C) groups is 1. The maximum atomic E-state index is 12.9. The fourth-order valence-electron chi connectivity index (χ4n) is 1.36. The lowest BCUT2D eigenvalue weighted by Gasteiger charge is -1.97. The molecule has 0 atom stereocenters. The molecule has 88 valence electrons. The second-order valence-corrected chi connectivity index (χ2v) is 4.00. The summed E-state index contributed by atoms with van der Waals surface area (Å²) in [6.45, 7) is 0. The van der Waals surface area contributed by atoms with Gasteiger partial charge in [0.15, 0.2) is 0 Å². The highest BCUT2D eigenvalue weighted by molar-refractivity contribution is 6.31. The van der Waals surface area contributed by atoms with Gasteiger partial charge in [0.05, 0.1) is 22.3 Å². The van der Waals surface area contributed by atoms with Crippen molar-refractivity contribution in [2.45, 2.75) is 0 Å². The van der Waals surface area contributed by atoms with Crippen molar-refractivity contribution in [1.82, 2.24) is 0 Å². The van der Waals surface area contributed by atoms with Crippen molar-refractivity contribution in [2.24, 2.45) is 4.99 Å². The first-order chi connectivity index (χ1) is 8.69. The van der Waals surface area contributed by atoms with Crippen molar-refractivity contribution in [1.29, 1.82) is 5.26 Å². The maximum Gasteiger partial charge on any atom is 0.141 e. The zero-order valence-corrected chi connectivity index (χ0v) is 10.0. The number of hydrogen-bond donors (Lipinski definition) is 0. The van der Waals surface area contributed by atoms with Crippen LogP contribution >= 0.6 is 11.6 Å². The number of hydrogen-bond acceptors (Lipinski definition) is 2. The van der Waals surface area contributed by atoms with Gasteiger partial charge >= 0.3 is 0 Å². The summed E-state index contributed by atoms with van der Waals surface area (Å²) in [7, 11) is 0. The zero-order valence-electron chi connectivity index (χ0n) is 9.27. The number of halogens is 2. The van der Waals surface area contributed by atoms with Gasteiger partial charge in [-0.1, -0.05) is 23.7 Å². The lowest BCUT2D eigenvalue weighted by atomic mass is 10.2. The SMILES string of the molecule is N#Cc1ccc(C=Nc2ccc(F)c(Cl)c2)cc1. The third-order valence-corrected chi connectivity index (χ3v) is 2.60. The summed E-state index contributed by atoms with van der Waals surface area (Å²) in [5.41, 5.74) is 2.03. The Labute approximate surface area is 109 Å². The molecule has 4 heteroatoms. The Morgan fingerprint density at radius 1 is 1.17 bits per heavy atom. The molecule has 0 bridgehead atoms. The maximum absolute atomic E-state index is 12.9. The highest BCUT2D eigenvalue weighted by Gasteiger charge is 1.99. The summed E-state index contributed by atoms with van der Waals surface area (Å²) in [4.78, 5) is 4.17. The zero-order chi connectivity index (χ0) is 13.0. The summed E-state index contributed by atoms with van der Waals surface area (Å²) in [6.07, 6.45) is 1.63. The van der Waals surface area contributed by atoms with Crippen LogP contribution in [0.4, 0.5) is 10.1 Å². The van der Waals surface area contributed by atoms with Crippen LogP contribution in [0.1, 0.15) is 11.1 Å². The van der Waals surface area contributed by atoms with Gasteiger partial charge in [0, 0.05) is 6.21 Å². The second-order valence-electron chi connectivity index (χ2n) is 3.59. The van der Waals surface area contributed by atoms with E-state index in [1.54, 1.807) is 36.5 Å². The molecule has 0 aliphatic carbocycles. The molecule has 0 aliphatic heterocycles. The van der Waals surface area contributed by atoms with Crippen LogP contribution in [0.2, 0.25) is 5.02 Å². The van der Waals surface area contributed by atoms with E-state index < -0.39 is 5.82 Å². The summed E-state index contributed by atoms with van der Waals surface area (Å²) >= 11 is 5.65. The molecular formula is C14H8ClFN2. The van der Waals surface area contributed by atoms with Gasteiger partial charge in [0.25, 0.3) is 0 Å². The summed E-state index contributed by atoms with van der Waals surface area (Å²) in [5, 5.41) is 8.70. The van der Waals surface area contributed by atoms with Gasteiger partial charge in [-0.3, -0.25) is 4.99 Å². The molecule has 18 heavy (non-hydrogen) atoms. The molecule has 2 aromatic rings. The Balaban J connectivity index is 2.19. The summed E-state index contributed by atoms with van der Waals surface area (Å²) in [5.74, 6) is -0.464. The molecule has 2 aromatic carbocycles. The van der Waals surface area contributed by atoms with Crippen LogP contribution in [0, 0.1) is 17.1 Å². The first kappa shape index (κ1) is 12.3. The highest BCUT2D eigenvalue weighted by atomic mass is 35.5. The van der Waals surface area contributed by atoms with E-state index >= 15 is 0 Å². The predicted octanol–water partition coefficient (Wildman–Crippen LogP) is 4.10. The number of rotatable bonds is 2. The molecule has 0 fully saturated rings. The molecule has 0 N–H and O–H groups in total. The summed E-state index contributed by atoms with van der Waals surface area (Å²) in [6, 6.07) is 13.3. The fourth-order valence-corrected chi connectivity index (χ4v) is 1.53. The Bertz CT molecular complexity index is 627. The monoisotopic (exact) mass is 258 g/mol. The molecular weight excluding hydrogens is 251 g/mol. The molecule has 0 radical (unpaired) electrons. The van der Waals surface area contributed by atoms with Gasteiger partial charge in [-0.2, -0.15) is 5.26 Å². The van der Waals surface area contributed by atoms with Crippen molar-refractivity contribution >= 4 is 23.5 Å². The largest absolute Gasteiger partial charge is 0.256 e. The Morgan fingerprint density at radius 3 is 2.50 bits per heavy atom. The van der Waals surface area contributed by atoms with E-state index in [1.807, 2.05) is 6.07 Å². The first-order valence-corrected chi connectivity index (χ1v) is 5.56. The van der Waals surface area contributed by atoms with E-state index in [9.17, 15) is 4.39 Å². The van der Waals surface area contributed by atoms with E-state index in [1.165, 1.54) is 12.1 Å². The third-order valence-electron chi connectivity index (χ3n) is 2.31. The van der Waals surface area contributed by atoms with Gasteiger partial charge in [0.2, 0.25) is 0 Å². The average molecular weight is 259 g/mol. The lowest BCUT2D eigenvalue weighted by molar-refractivity contribution is 0.628. The minimum absolute atomic E-state index is 0.0458. The van der Waals surface area contributed by atoms with E-state index in [4.69, 9.17) is 16.9 Å². The lowest BCUT2D eigenvalue weighted by Crippen LogP contribution is -1.81. The van der Waals surface area contributed by atoms with Gasteiger partial charge < -0.3 is 0 Å². The van der Waals surface area contributed by atoms with Crippen LogP contribution in [0.25, 0.3) is 0 Å². The molecule has 0 unspecified atom stereocenters. The standard InChI is InChI=1S/C14H8ClFN2/c15-13-7-12(5-6-14(13)16)18-9-11-3-1-10(8-17)2-4-11/h1-7,9H. The van der Waals surface area contributed by atoms with Gasteiger partial charge in [-0.25, -0.2) is 4.39 Å². The molecule has 2 rings (SSSR count). The van der Waals surface area contributed by atoms with Gasteiger partial charge in [-0.05, 0) is 35.9 Å². The first-order valence-electron chi connectivity index (χ1n) is 5.18. The Hall–Kier alpha value is -2.18. The third kappa shape index (κ3) is 2.93. The van der Waals surface area contributed by atoms with Crippen molar-refractivity contribution < 1.29 is 4.39 Å². The molecule has 2 nitrogen and oxygen atoms in total. The van der Waals surface area contributed by atoms with Crippen molar-refractivity contribution in [3.63, 3.8) is 0 Å². The van der Waals surface area contributed by atoms with Gasteiger partial charge in [-0.15, -0.1) is 0 Å². The molecule has 0 amide bonds. The topological polar surface area (TPSA) is 36.1 Å². The van der Waals surface area contributed by atoms with Crippen LogP contribution in [0.15, 0.2) is 47.5 Å². The smallest absolute Gasteiger partial charge is 0.141 e. The van der Waals surface area contributed by atoms with E-state index in [2.05, 4.69) is 4.99 Å². The normalized spacial score (nSPS) is 10.5. The number of benzene rings is 2.